The van der Waals surface area contributed by atoms with Crippen LogP contribution in [0, 0.1) is 6.92 Å². The SMILES string of the molecule is CC(=O)N1CCN(C(=O)c2nn(-c3ccc(C(C)C)cc3)c(=O)n(Cc3cccc(C)c3)c2=O)CC1. The van der Waals surface area contributed by atoms with Crippen LogP contribution < -0.4 is 11.2 Å². The highest BCUT2D eigenvalue weighted by atomic mass is 16.2. The molecule has 0 saturated carbocycles. The van der Waals surface area contributed by atoms with Gasteiger partial charge < -0.3 is 9.80 Å². The van der Waals surface area contributed by atoms with Crippen LogP contribution in [-0.2, 0) is 11.3 Å². The Morgan fingerprint density at radius 2 is 1.58 bits per heavy atom. The monoisotopic (exact) mass is 489 g/mol. The molecule has 2 amide bonds. The molecule has 1 aliphatic rings. The van der Waals surface area contributed by atoms with Crippen LogP contribution in [0.4, 0.5) is 0 Å². The highest BCUT2D eigenvalue weighted by Crippen LogP contribution is 2.16. The quantitative estimate of drug-likeness (QED) is 0.547. The van der Waals surface area contributed by atoms with Crippen molar-refractivity contribution in [1.29, 1.82) is 0 Å². The van der Waals surface area contributed by atoms with Gasteiger partial charge in [0.25, 0.3) is 11.5 Å². The molecule has 0 radical (unpaired) electrons. The standard InChI is InChI=1S/C27H31N5O4/c1-18(2)22-8-10-23(11-9-22)32-27(36)31(17-21-7-5-6-19(3)16-21)26(35)24(28-32)25(34)30-14-12-29(13-15-30)20(4)33/h5-11,16,18H,12-15,17H2,1-4H3. The van der Waals surface area contributed by atoms with Crippen molar-refractivity contribution in [2.75, 3.05) is 26.2 Å². The van der Waals surface area contributed by atoms with E-state index >= 15 is 0 Å². The van der Waals surface area contributed by atoms with E-state index < -0.39 is 17.2 Å². The topological polar surface area (TPSA) is 97.5 Å². The van der Waals surface area contributed by atoms with Crippen molar-refractivity contribution in [3.8, 4) is 5.69 Å². The molecule has 0 unspecified atom stereocenters. The molecule has 0 atom stereocenters. The number of carbonyl (C=O) groups excluding carboxylic acids is 2. The molecule has 1 fully saturated rings. The molecule has 1 saturated heterocycles. The van der Waals surface area contributed by atoms with Gasteiger partial charge in [-0.3, -0.25) is 19.0 Å². The molecular formula is C27H31N5O4. The fourth-order valence-corrected chi connectivity index (χ4v) is 4.32. The molecule has 0 aliphatic carbocycles. The predicted molar refractivity (Wildman–Crippen MR) is 137 cm³/mol. The van der Waals surface area contributed by atoms with Crippen LogP contribution in [0.3, 0.4) is 0 Å². The summed E-state index contributed by atoms with van der Waals surface area (Å²) in [4.78, 5) is 55.2. The molecule has 0 N–H and O–H groups in total. The lowest BCUT2D eigenvalue weighted by molar-refractivity contribution is -0.130. The van der Waals surface area contributed by atoms with Crippen molar-refractivity contribution in [2.24, 2.45) is 0 Å². The number of amides is 2. The highest BCUT2D eigenvalue weighted by Gasteiger charge is 2.28. The Balaban J connectivity index is 1.79. The third-order valence-electron chi connectivity index (χ3n) is 6.50. The fourth-order valence-electron chi connectivity index (χ4n) is 4.32. The molecule has 3 aromatic rings. The van der Waals surface area contributed by atoms with Gasteiger partial charge in [-0.1, -0.05) is 55.8 Å². The van der Waals surface area contributed by atoms with Crippen LogP contribution >= 0.6 is 0 Å². The minimum Gasteiger partial charge on any atom is -0.339 e. The van der Waals surface area contributed by atoms with Gasteiger partial charge >= 0.3 is 5.69 Å². The molecule has 1 aromatic heterocycles. The van der Waals surface area contributed by atoms with Gasteiger partial charge in [0, 0.05) is 33.1 Å². The summed E-state index contributed by atoms with van der Waals surface area (Å²) in [7, 11) is 0. The largest absolute Gasteiger partial charge is 0.352 e. The predicted octanol–water partition coefficient (Wildman–Crippen LogP) is 2.18. The Hall–Kier alpha value is -4.01. The summed E-state index contributed by atoms with van der Waals surface area (Å²) < 4.78 is 2.19. The highest BCUT2D eigenvalue weighted by molar-refractivity contribution is 5.92. The molecular weight excluding hydrogens is 458 g/mol. The van der Waals surface area contributed by atoms with Gasteiger partial charge in [-0.25, -0.2) is 4.79 Å². The van der Waals surface area contributed by atoms with Crippen LogP contribution in [0.1, 0.15) is 53.9 Å². The van der Waals surface area contributed by atoms with Crippen LogP contribution in [-0.4, -0.2) is 62.1 Å². The van der Waals surface area contributed by atoms with Crippen molar-refractivity contribution in [1.82, 2.24) is 24.1 Å². The van der Waals surface area contributed by atoms with E-state index in [4.69, 9.17) is 0 Å². The summed E-state index contributed by atoms with van der Waals surface area (Å²) in [6.07, 6.45) is 0. The van der Waals surface area contributed by atoms with Crippen LogP contribution in [0.25, 0.3) is 5.69 Å². The van der Waals surface area contributed by atoms with E-state index in [9.17, 15) is 19.2 Å². The zero-order valence-corrected chi connectivity index (χ0v) is 21.1. The van der Waals surface area contributed by atoms with E-state index in [1.807, 2.05) is 43.3 Å². The Kier molecular flexibility index (Phi) is 7.19. The van der Waals surface area contributed by atoms with Gasteiger partial charge in [-0.2, -0.15) is 9.78 Å². The van der Waals surface area contributed by atoms with Crippen molar-refractivity contribution in [2.45, 2.75) is 40.2 Å². The Morgan fingerprint density at radius 1 is 0.944 bits per heavy atom. The van der Waals surface area contributed by atoms with E-state index in [1.54, 1.807) is 17.0 Å². The van der Waals surface area contributed by atoms with Crippen LogP contribution in [0.2, 0.25) is 0 Å². The minimum absolute atomic E-state index is 0.0182. The first-order chi connectivity index (χ1) is 17.2. The van der Waals surface area contributed by atoms with E-state index in [0.717, 1.165) is 25.9 Å². The number of nitrogens with zero attached hydrogens (tertiary/aromatic N) is 5. The summed E-state index contributed by atoms with van der Waals surface area (Å²) in [6.45, 7) is 8.94. The minimum atomic E-state index is -0.726. The lowest BCUT2D eigenvalue weighted by Crippen LogP contribution is -2.52. The molecule has 1 aliphatic heterocycles. The van der Waals surface area contributed by atoms with Gasteiger partial charge in [0.15, 0.2) is 0 Å². The van der Waals surface area contributed by atoms with Gasteiger partial charge in [0.1, 0.15) is 0 Å². The van der Waals surface area contributed by atoms with E-state index in [2.05, 4.69) is 18.9 Å². The number of hydrogen-bond donors (Lipinski definition) is 0. The first kappa shape index (κ1) is 25.1. The fraction of sp³-hybridized carbons (Fsp3) is 0.370. The van der Waals surface area contributed by atoms with Crippen molar-refractivity contribution < 1.29 is 9.59 Å². The summed E-state index contributed by atoms with van der Waals surface area (Å²) in [5, 5.41) is 4.26. The lowest BCUT2D eigenvalue weighted by Gasteiger charge is -2.33. The average Bonchev–Trinajstić information content (AvgIpc) is 2.86. The van der Waals surface area contributed by atoms with E-state index in [0.29, 0.717) is 37.8 Å². The average molecular weight is 490 g/mol. The third-order valence-corrected chi connectivity index (χ3v) is 6.50. The van der Waals surface area contributed by atoms with Gasteiger partial charge in [0.2, 0.25) is 11.6 Å². The van der Waals surface area contributed by atoms with Gasteiger partial charge in [-0.15, -0.1) is 0 Å². The second kappa shape index (κ2) is 10.3. The normalized spacial score (nSPS) is 13.8. The number of rotatable bonds is 5. The summed E-state index contributed by atoms with van der Waals surface area (Å²) in [6, 6.07) is 14.9. The molecule has 0 bridgehead atoms. The second-order valence-electron chi connectivity index (χ2n) is 9.47. The number of piperazine rings is 1. The third kappa shape index (κ3) is 5.15. The van der Waals surface area contributed by atoms with Crippen LogP contribution in [0.15, 0.2) is 58.1 Å². The maximum Gasteiger partial charge on any atom is 0.352 e. The number of aryl methyl sites for hydroxylation is 1. The zero-order valence-electron chi connectivity index (χ0n) is 21.1. The number of aromatic nitrogens is 3. The van der Waals surface area contributed by atoms with Crippen molar-refractivity contribution >= 4 is 11.8 Å². The summed E-state index contributed by atoms with van der Waals surface area (Å²) in [5.74, 6) is -0.294. The molecule has 36 heavy (non-hydrogen) atoms. The molecule has 4 rings (SSSR count). The first-order valence-electron chi connectivity index (χ1n) is 12.1. The summed E-state index contributed by atoms with van der Waals surface area (Å²) >= 11 is 0. The lowest BCUT2D eigenvalue weighted by atomic mass is 10.0. The molecule has 2 heterocycles. The van der Waals surface area contributed by atoms with E-state index in [-0.39, 0.29) is 18.1 Å². The molecule has 0 spiro atoms. The molecule has 9 heteroatoms. The summed E-state index contributed by atoms with van der Waals surface area (Å²) in [5.41, 5.74) is 1.69. The maximum atomic E-state index is 13.5. The van der Waals surface area contributed by atoms with Gasteiger partial charge in [-0.05, 0) is 36.1 Å². The Bertz CT molecular complexity index is 1400. The van der Waals surface area contributed by atoms with Crippen molar-refractivity contribution in [3.05, 3.63) is 91.8 Å². The molecule has 9 nitrogen and oxygen atoms in total. The Morgan fingerprint density at radius 3 is 2.17 bits per heavy atom. The smallest absolute Gasteiger partial charge is 0.339 e. The second-order valence-corrected chi connectivity index (χ2v) is 9.47. The number of benzene rings is 2. The number of hydrogen-bond acceptors (Lipinski definition) is 5. The van der Waals surface area contributed by atoms with Crippen molar-refractivity contribution in [3.63, 3.8) is 0 Å². The first-order valence-corrected chi connectivity index (χ1v) is 12.1. The van der Waals surface area contributed by atoms with E-state index in [1.165, 1.54) is 11.8 Å². The number of carbonyl (C=O) groups is 2. The maximum absolute atomic E-state index is 13.5. The molecule has 2 aromatic carbocycles. The zero-order chi connectivity index (χ0) is 26.0. The van der Waals surface area contributed by atoms with Gasteiger partial charge in [0.05, 0.1) is 12.2 Å². The van der Waals surface area contributed by atoms with Crippen LogP contribution in [0.5, 0.6) is 0 Å². The Labute approximate surface area is 209 Å². The molecule has 188 valence electrons.